The van der Waals surface area contributed by atoms with Crippen molar-refractivity contribution in [1.82, 2.24) is 5.16 Å². The Bertz CT molecular complexity index is 1190. The number of nitrogens with one attached hydrogen (secondary N) is 1. The van der Waals surface area contributed by atoms with Crippen LogP contribution in [0.15, 0.2) is 45.1 Å². The zero-order chi connectivity index (χ0) is 22.1. The number of benzene rings is 1. The van der Waals surface area contributed by atoms with Gasteiger partial charge in [0, 0.05) is 11.8 Å². The molecule has 0 fully saturated rings. The van der Waals surface area contributed by atoms with Crippen molar-refractivity contribution in [3.05, 3.63) is 52.7 Å². The predicted molar refractivity (Wildman–Crippen MR) is 103 cm³/mol. The molecule has 3 aromatic rings. The number of hydrogen-bond acceptors (Lipinski definition) is 7. The Balaban J connectivity index is 1.84. The van der Waals surface area contributed by atoms with Gasteiger partial charge in [-0.1, -0.05) is 16.8 Å². The van der Waals surface area contributed by atoms with Crippen LogP contribution >= 0.6 is 22.9 Å². The summed E-state index contributed by atoms with van der Waals surface area (Å²) in [6.07, 6.45) is -4.74. The molecule has 0 amide bonds. The third kappa shape index (κ3) is 4.77. The number of rotatable bonds is 6. The molecule has 160 valence electrons. The first-order valence-corrected chi connectivity index (χ1v) is 10.8. The Morgan fingerprint density at radius 1 is 1.27 bits per heavy atom. The number of carbonyl (C=O) groups excluding carboxylic acids is 1. The fourth-order valence-electron chi connectivity index (χ4n) is 2.30. The van der Waals surface area contributed by atoms with Crippen LogP contribution in [-0.4, -0.2) is 26.2 Å². The molecule has 13 heteroatoms. The number of thiophene rings is 1. The van der Waals surface area contributed by atoms with Crippen LogP contribution in [-0.2, 0) is 20.9 Å². The first kappa shape index (κ1) is 22.1. The third-order valence-electron chi connectivity index (χ3n) is 3.61. The van der Waals surface area contributed by atoms with Gasteiger partial charge in [0.2, 0.25) is 0 Å². The van der Waals surface area contributed by atoms with Gasteiger partial charge in [0.1, 0.15) is 4.21 Å². The monoisotopic (exact) mass is 480 g/mol. The number of anilines is 1. The number of esters is 1. The van der Waals surface area contributed by atoms with E-state index in [2.05, 4.69) is 9.88 Å². The van der Waals surface area contributed by atoms with E-state index < -0.39 is 32.8 Å². The van der Waals surface area contributed by atoms with Gasteiger partial charge < -0.3 is 9.26 Å². The Kier molecular flexibility index (Phi) is 6.11. The average Bonchev–Trinajstić information content (AvgIpc) is 3.32. The molecular formula is C17H12ClF3N2O5S2. The molecule has 2 aromatic heterocycles. The van der Waals surface area contributed by atoms with Crippen molar-refractivity contribution in [3.8, 4) is 10.6 Å². The molecule has 0 saturated heterocycles. The fourth-order valence-corrected chi connectivity index (χ4v) is 4.83. The van der Waals surface area contributed by atoms with Crippen LogP contribution in [0.5, 0.6) is 0 Å². The van der Waals surface area contributed by atoms with Crippen molar-refractivity contribution >= 4 is 44.6 Å². The van der Waals surface area contributed by atoms with Crippen LogP contribution in [0.4, 0.5) is 18.9 Å². The van der Waals surface area contributed by atoms with Crippen molar-refractivity contribution in [2.75, 3.05) is 11.3 Å². The molecule has 2 heterocycles. The summed E-state index contributed by atoms with van der Waals surface area (Å²) in [6, 6.07) is 6.63. The normalized spacial score (nSPS) is 12.0. The Morgan fingerprint density at radius 3 is 2.67 bits per heavy atom. The number of ether oxygens (including phenoxy) is 1. The van der Waals surface area contributed by atoms with E-state index in [1.807, 2.05) is 0 Å². The van der Waals surface area contributed by atoms with E-state index in [-0.39, 0.29) is 28.0 Å². The second kappa shape index (κ2) is 8.28. The number of sulfonamides is 1. The molecule has 0 unspecified atom stereocenters. The van der Waals surface area contributed by atoms with Gasteiger partial charge in [-0.3, -0.25) is 4.72 Å². The van der Waals surface area contributed by atoms with Gasteiger partial charge >= 0.3 is 12.1 Å². The highest BCUT2D eigenvalue weighted by molar-refractivity contribution is 7.94. The number of hydrogen-bond donors (Lipinski definition) is 1. The fraction of sp³-hybridized carbons (Fsp3) is 0.176. The SMILES string of the molecule is CCOC(=O)c1cc(-c2ccc(S(=O)(=O)Nc3ccc(Cl)c(C(F)(F)F)c3)s2)on1. The lowest BCUT2D eigenvalue weighted by molar-refractivity contribution is -0.137. The lowest BCUT2D eigenvalue weighted by Crippen LogP contribution is -2.13. The number of aromatic nitrogens is 1. The van der Waals surface area contributed by atoms with E-state index in [1.54, 1.807) is 6.92 Å². The summed E-state index contributed by atoms with van der Waals surface area (Å²) in [5.41, 5.74) is -1.54. The molecule has 0 spiro atoms. The van der Waals surface area contributed by atoms with Crippen molar-refractivity contribution in [2.45, 2.75) is 17.3 Å². The Hall–Kier alpha value is -2.57. The molecule has 0 aliphatic carbocycles. The topological polar surface area (TPSA) is 98.5 Å². The maximum absolute atomic E-state index is 13.0. The highest BCUT2D eigenvalue weighted by atomic mass is 35.5. The second-order valence-electron chi connectivity index (χ2n) is 5.71. The molecule has 0 atom stereocenters. The minimum Gasteiger partial charge on any atom is -0.461 e. The molecule has 1 aromatic carbocycles. The molecule has 0 bridgehead atoms. The van der Waals surface area contributed by atoms with Crippen molar-refractivity contribution in [2.24, 2.45) is 0 Å². The number of carbonyl (C=O) groups is 1. The minimum atomic E-state index is -4.74. The highest BCUT2D eigenvalue weighted by Gasteiger charge is 2.33. The van der Waals surface area contributed by atoms with Gasteiger partial charge in [0.15, 0.2) is 11.5 Å². The van der Waals surface area contributed by atoms with Crippen LogP contribution in [0.1, 0.15) is 23.0 Å². The lowest BCUT2D eigenvalue weighted by Gasteiger charge is -2.12. The standard InChI is InChI=1S/C17H12ClF3N2O5S2/c1-2-27-16(24)12-8-13(28-22-12)14-5-6-15(29-14)30(25,26)23-9-3-4-11(18)10(7-9)17(19,20)21/h3-8,23H,2H2,1H3. The molecule has 1 N–H and O–H groups in total. The van der Waals surface area contributed by atoms with E-state index in [9.17, 15) is 26.4 Å². The largest absolute Gasteiger partial charge is 0.461 e. The van der Waals surface area contributed by atoms with Crippen molar-refractivity contribution in [1.29, 1.82) is 0 Å². The molecule has 0 aliphatic rings. The smallest absolute Gasteiger partial charge is 0.417 e. The highest BCUT2D eigenvalue weighted by Crippen LogP contribution is 2.37. The van der Waals surface area contributed by atoms with Gasteiger partial charge in [-0.2, -0.15) is 13.2 Å². The van der Waals surface area contributed by atoms with Crippen molar-refractivity contribution < 1.29 is 35.6 Å². The number of alkyl halides is 3. The summed E-state index contributed by atoms with van der Waals surface area (Å²) < 4.78 is 75.8. The van der Waals surface area contributed by atoms with Crippen LogP contribution < -0.4 is 4.72 Å². The average molecular weight is 481 g/mol. The van der Waals surface area contributed by atoms with Gasteiger partial charge in [-0.05, 0) is 37.3 Å². The Labute approximate surface area is 177 Å². The van der Waals surface area contributed by atoms with E-state index in [0.29, 0.717) is 10.9 Å². The maximum atomic E-state index is 13.0. The predicted octanol–water partition coefficient (Wildman–Crippen LogP) is 5.05. The van der Waals surface area contributed by atoms with Gasteiger partial charge in [-0.25, -0.2) is 13.2 Å². The molecule has 7 nitrogen and oxygen atoms in total. The summed E-state index contributed by atoms with van der Waals surface area (Å²) in [5, 5.41) is 3.01. The maximum Gasteiger partial charge on any atom is 0.417 e. The molecule has 30 heavy (non-hydrogen) atoms. The number of halogens is 4. The second-order valence-corrected chi connectivity index (χ2v) is 9.11. The molecule has 0 saturated carbocycles. The van der Waals surface area contributed by atoms with E-state index in [4.69, 9.17) is 20.9 Å². The summed E-state index contributed by atoms with van der Waals surface area (Å²) >= 11 is 6.32. The van der Waals surface area contributed by atoms with Crippen LogP contribution in [0.25, 0.3) is 10.6 Å². The quantitative estimate of drug-likeness (QED) is 0.495. The minimum absolute atomic E-state index is 0.0800. The van der Waals surface area contributed by atoms with Crippen LogP contribution in [0.2, 0.25) is 5.02 Å². The van der Waals surface area contributed by atoms with Crippen LogP contribution in [0, 0.1) is 0 Å². The third-order valence-corrected chi connectivity index (χ3v) is 6.91. The zero-order valence-corrected chi connectivity index (χ0v) is 17.4. The van der Waals surface area contributed by atoms with Gasteiger partial charge in [0.05, 0.1) is 22.1 Å². The molecule has 0 radical (unpaired) electrons. The Morgan fingerprint density at radius 2 is 2.00 bits per heavy atom. The first-order chi connectivity index (χ1) is 14.0. The summed E-state index contributed by atoms with van der Waals surface area (Å²) in [5.74, 6) is -0.558. The van der Waals surface area contributed by atoms with Gasteiger partial charge in [0.25, 0.3) is 10.0 Å². The lowest BCUT2D eigenvalue weighted by atomic mass is 10.2. The van der Waals surface area contributed by atoms with E-state index in [1.165, 1.54) is 18.2 Å². The molecular weight excluding hydrogens is 469 g/mol. The van der Waals surface area contributed by atoms with E-state index in [0.717, 1.165) is 23.5 Å². The zero-order valence-electron chi connectivity index (χ0n) is 15.0. The first-order valence-electron chi connectivity index (χ1n) is 8.15. The van der Waals surface area contributed by atoms with Crippen molar-refractivity contribution in [3.63, 3.8) is 0 Å². The molecule has 3 rings (SSSR count). The van der Waals surface area contributed by atoms with Crippen LogP contribution in [0.3, 0.4) is 0 Å². The van der Waals surface area contributed by atoms with E-state index >= 15 is 0 Å². The summed E-state index contributed by atoms with van der Waals surface area (Å²) in [7, 11) is -4.19. The van der Waals surface area contributed by atoms with Gasteiger partial charge in [-0.15, -0.1) is 11.3 Å². The number of nitrogens with zero attached hydrogens (tertiary/aromatic N) is 1. The summed E-state index contributed by atoms with van der Waals surface area (Å²) in [6.45, 7) is 1.77. The molecule has 0 aliphatic heterocycles. The summed E-state index contributed by atoms with van der Waals surface area (Å²) in [4.78, 5) is 12.0.